The fourth-order valence-corrected chi connectivity index (χ4v) is 3.76. The molecule has 1 aromatic carbocycles. The molecule has 5 heteroatoms. The zero-order valence-corrected chi connectivity index (χ0v) is 17.0. The molecule has 3 aromatic rings. The Bertz CT molecular complexity index is 964. The molecule has 2 aromatic heterocycles. The van der Waals surface area contributed by atoms with Gasteiger partial charge in [0.2, 0.25) is 5.88 Å². The van der Waals surface area contributed by atoms with E-state index < -0.39 is 0 Å². The first-order valence-corrected chi connectivity index (χ1v) is 9.95. The Labute approximate surface area is 167 Å². The van der Waals surface area contributed by atoms with Crippen molar-refractivity contribution in [1.82, 2.24) is 19.8 Å². The second-order valence-electron chi connectivity index (χ2n) is 7.64. The van der Waals surface area contributed by atoms with Gasteiger partial charge < -0.3 is 14.5 Å². The van der Waals surface area contributed by atoms with Crippen molar-refractivity contribution < 1.29 is 4.74 Å². The first kappa shape index (κ1) is 18.8. The van der Waals surface area contributed by atoms with Crippen LogP contribution in [0.3, 0.4) is 0 Å². The summed E-state index contributed by atoms with van der Waals surface area (Å²) < 4.78 is 5.25. The molecule has 1 fully saturated rings. The summed E-state index contributed by atoms with van der Waals surface area (Å²) in [6.45, 7) is 7.95. The van der Waals surface area contributed by atoms with Crippen LogP contribution >= 0.6 is 0 Å². The van der Waals surface area contributed by atoms with Gasteiger partial charge >= 0.3 is 0 Å². The number of rotatable bonds is 5. The topological polar surface area (TPSA) is 41.5 Å². The second kappa shape index (κ2) is 8.25. The zero-order chi connectivity index (χ0) is 19.5. The number of methoxy groups -OCH3 is 1. The highest BCUT2D eigenvalue weighted by Gasteiger charge is 2.14. The van der Waals surface area contributed by atoms with Gasteiger partial charge in [0.05, 0.1) is 24.0 Å². The third-order valence-electron chi connectivity index (χ3n) is 5.59. The lowest BCUT2D eigenvalue weighted by Crippen LogP contribution is -2.45. The Hall–Kier alpha value is -2.50. The Kier molecular flexibility index (Phi) is 5.55. The fraction of sp³-hybridized carbons (Fsp3) is 0.391. The van der Waals surface area contributed by atoms with Crippen LogP contribution in [-0.4, -0.2) is 66.6 Å². The molecule has 0 spiro atoms. The lowest BCUT2D eigenvalue weighted by Gasteiger charge is -2.32. The number of hydrogen-bond acceptors (Lipinski definition) is 5. The third-order valence-corrected chi connectivity index (χ3v) is 5.59. The molecule has 0 aliphatic carbocycles. The summed E-state index contributed by atoms with van der Waals surface area (Å²) in [4.78, 5) is 14.3. The molecule has 5 nitrogen and oxygen atoms in total. The standard InChI is InChI=1S/C23H28N4O/c1-17-15-22(21-5-4-6-23(25-21)28-3)24-20-8-7-18(16-19(17)20)9-10-27-13-11-26(2)12-14-27/h4-8,15-16H,9-14H2,1-3H3. The van der Waals surface area contributed by atoms with Crippen molar-refractivity contribution in [2.24, 2.45) is 0 Å². The number of hydrogen-bond donors (Lipinski definition) is 0. The second-order valence-corrected chi connectivity index (χ2v) is 7.64. The summed E-state index contributed by atoms with van der Waals surface area (Å²) in [7, 11) is 3.83. The maximum absolute atomic E-state index is 5.25. The molecule has 28 heavy (non-hydrogen) atoms. The van der Waals surface area contributed by atoms with Crippen molar-refractivity contribution in [1.29, 1.82) is 0 Å². The molecule has 146 valence electrons. The molecule has 1 saturated heterocycles. The molecular weight excluding hydrogens is 348 g/mol. The van der Waals surface area contributed by atoms with Gasteiger partial charge in [-0.25, -0.2) is 9.97 Å². The minimum absolute atomic E-state index is 0.608. The van der Waals surface area contributed by atoms with Gasteiger partial charge in [0.1, 0.15) is 0 Å². The molecule has 0 amide bonds. The van der Waals surface area contributed by atoms with E-state index in [1.807, 2.05) is 18.2 Å². The van der Waals surface area contributed by atoms with E-state index in [9.17, 15) is 0 Å². The first-order valence-electron chi connectivity index (χ1n) is 9.95. The number of piperazine rings is 1. The molecule has 0 bridgehead atoms. The van der Waals surface area contributed by atoms with Gasteiger partial charge in [-0.15, -0.1) is 0 Å². The average Bonchev–Trinajstić information content (AvgIpc) is 2.73. The van der Waals surface area contributed by atoms with E-state index in [2.05, 4.69) is 53.0 Å². The molecule has 1 aliphatic heterocycles. The quantitative estimate of drug-likeness (QED) is 0.683. The summed E-state index contributed by atoms with van der Waals surface area (Å²) in [6.07, 6.45) is 1.08. The number of fused-ring (bicyclic) bond motifs is 1. The highest BCUT2D eigenvalue weighted by molar-refractivity contribution is 5.85. The van der Waals surface area contributed by atoms with E-state index in [1.54, 1.807) is 7.11 Å². The predicted octanol–water partition coefficient (Wildman–Crippen LogP) is 3.40. The van der Waals surface area contributed by atoms with Gasteiger partial charge in [-0.05, 0) is 55.8 Å². The van der Waals surface area contributed by atoms with Gasteiger partial charge in [0.15, 0.2) is 0 Å². The van der Waals surface area contributed by atoms with Crippen LogP contribution in [0.25, 0.3) is 22.3 Å². The van der Waals surface area contributed by atoms with Gasteiger partial charge in [-0.2, -0.15) is 0 Å². The molecule has 0 saturated carbocycles. The van der Waals surface area contributed by atoms with E-state index in [0.29, 0.717) is 5.88 Å². The van der Waals surface area contributed by atoms with Crippen molar-refractivity contribution in [2.45, 2.75) is 13.3 Å². The Morgan fingerprint density at radius 2 is 1.79 bits per heavy atom. The fourth-order valence-electron chi connectivity index (χ4n) is 3.76. The van der Waals surface area contributed by atoms with Crippen LogP contribution in [0.1, 0.15) is 11.1 Å². The monoisotopic (exact) mass is 376 g/mol. The van der Waals surface area contributed by atoms with Crippen molar-refractivity contribution in [3.63, 3.8) is 0 Å². The molecular formula is C23H28N4O. The largest absolute Gasteiger partial charge is 0.481 e. The van der Waals surface area contributed by atoms with Crippen molar-refractivity contribution in [2.75, 3.05) is 46.9 Å². The van der Waals surface area contributed by atoms with E-state index >= 15 is 0 Å². The number of benzene rings is 1. The van der Waals surface area contributed by atoms with E-state index in [1.165, 1.54) is 42.7 Å². The summed E-state index contributed by atoms with van der Waals surface area (Å²) >= 11 is 0. The molecule has 4 rings (SSSR count). The van der Waals surface area contributed by atoms with Gasteiger partial charge in [-0.3, -0.25) is 0 Å². The normalized spacial score (nSPS) is 15.8. The van der Waals surface area contributed by atoms with Crippen LogP contribution in [0.4, 0.5) is 0 Å². The zero-order valence-electron chi connectivity index (χ0n) is 17.0. The maximum Gasteiger partial charge on any atom is 0.213 e. The highest BCUT2D eigenvalue weighted by atomic mass is 16.5. The van der Waals surface area contributed by atoms with Crippen molar-refractivity contribution in [3.8, 4) is 17.3 Å². The van der Waals surface area contributed by atoms with Crippen LogP contribution in [-0.2, 0) is 6.42 Å². The van der Waals surface area contributed by atoms with Gasteiger partial charge in [0, 0.05) is 44.2 Å². The Morgan fingerprint density at radius 3 is 2.57 bits per heavy atom. The molecule has 3 heterocycles. The number of pyridine rings is 2. The van der Waals surface area contributed by atoms with Crippen LogP contribution in [0.2, 0.25) is 0 Å². The number of nitrogens with zero attached hydrogens (tertiary/aromatic N) is 4. The summed E-state index contributed by atoms with van der Waals surface area (Å²) in [5.41, 5.74) is 5.34. The number of likely N-dealkylation sites (N-methyl/N-ethyl adjacent to an activating group) is 1. The predicted molar refractivity (Wildman–Crippen MR) is 114 cm³/mol. The highest BCUT2D eigenvalue weighted by Crippen LogP contribution is 2.25. The Balaban J connectivity index is 1.54. The van der Waals surface area contributed by atoms with Crippen LogP contribution in [0, 0.1) is 6.92 Å². The minimum atomic E-state index is 0.608. The van der Waals surface area contributed by atoms with Crippen LogP contribution in [0.15, 0.2) is 42.5 Å². The SMILES string of the molecule is COc1cccc(-c2cc(C)c3cc(CCN4CCN(C)CC4)ccc3n2)n1. The van der Waals surface area contributed by atoms with Gasteiger partial charge in [-0.1, -0.05) is 12.1 Å². The maximum atomic E-state index is 5.25. The molecule has 0 radical (unpaired) electrons. The van der Waals surface area contributed by atoms with E-state index in [0.717, 1.165) is 29.9 Å². The van der Waals surface area contributed by atoms with E-state index in [4.69, 9.17) is 9.72 Å². The lowest BCUT2D eigenvalue weighted by atomic mass is 10.0. The molecule has 1 aliphatic rings. The molecule has 0 atom stereocenters. The van der Waals surface area contributed by atoms with Crippen molar-refractivity contribution >= 4 is 10.9 Å². The first-order chi connectivity index (χ1) is 13.6. The third kappa shape index (κ3) is 4.16. The average molecular weight is 377 g/mol. The molecule has 0 N–H and O–H groups in total. The molecule has 0 unspecified atom stereocenters. The number of ether oxygens (including phenoxy) is 1. The summed E-state index contributed by atoms with van der Waals surface area (Å²) in [5.74, 6) is 0.608. The minimum Gasteiger partial charge on any atom is -0.481 e. The van der Waals surface area contributed by atoms with Crippen LogP contribution in [0.5, 0.6) is 5.88 Å². The summed E-state index contributed by atoms with van der Waals surface area (Å²) in [6, 6.07) is 14.6. The number of aromatic nitrogens is 2. The Morgan fingerprint density at radius 1 is 0.964 bits per heavy atom. The van der Waals surface area contributed by atoms with Gasteiger partial charge in [0.25, 0.3) is 0 Å². The van der Waals surface area contributed by atoms with Crippen molar-refractivity contribution in [3.05, 3.63) is 53.6 Å². The summed E-state index contributed by atoms with van der Waals surface area (Å²) in [5, 5.41) is 1.22. The lowest BCUT2D eigenvalue weighted by molar-refractivity contribution is 0.155. The van der Waals surface area contributed by atoms with E-state index in [-0.39, 0.29) is 0 Å². The smallest absolute Gasteiger partial charge is 0.213 e. The number of aryl methyl sites for hydroxylation is 1. The van der Waals surface area contributed by atoms with Crippen LogP contribution < -0.4 is 4.74 Å².